The first-order valence-electron chi connectivity index (χ1n) is 6.15. The van der Waals surface area contributed by atoms with Crippen LogP contribution in [0.4, 0.5) is 5.69 Å². The number of likely N-dealkylation sites (tertiary alicyclic amines) is 1. The molecule has 1 fully saturated rings. The topological polar surface area (TPSA) is 63.5 Å². The molecular weight excluding hydrogens is 268 g/mol. The highest BCUT2D eigenvalue weighted by Crippen LogP contribution is 2.28. The summed E-state index contributed by atoms with van der Waals surface area (Å²) in [5.41, 5.74) is 0.220. The highest BCUT2D eigenvalue weighted by Gasteiger charge is 2.31. The molecule has 1 aliphatic heterocycles. The van der Waals surface area contributed by atoms with Crippen LogP contribution in [0.3, 0.4) is 0 Å². The minimum atomic E-state index is -0.527. The highest BCUT2D eigenvalue weighted by molar-refractivity contribution is 6.34. The first-order chi connectivity index (χ1) is 8.90. The van der Waals surface area contributed by atoms with E-state index in [1.807, 2.05) is 6.92 Å². The molecule has 1 saturated heterocycles. The highest BCUT2D eigenvalue weighted by atomic mass is 35.5. The Morgan fingerprint density at radius 1 is 1.47 bits per heavy atom. The lowest BCUT2D eigenvalue weighted by molar-refractivity contribution is -0.384. The molecule has 1 aliphatic rings. The molecule has 1 amide bonds. The van der Waals surface area contributed by atoms with Gasteiger partial charge < -0.3 is 4.90 Å². The molecular formula is C13H15ClN2O3. The van der Waals surface area contributed by atoms with Crippen LogP contribution >= 0.6 is 11.6 Å². The maximum Gasteiger partial charge on any atom is 0.270 e. The molecule has 2 rings (SSSR count). The quantitative estimate of drug-likeness (QED) is 0.618. The number of amides is 1. The van der Waals surface area contributed by atoms with Gasteiger partial charge in [-0.1, -0.05) is 18.5 Å². The second kappa shape index (κ2) is 5.17. The van der Waals surface area contributed by atoms with E-state index < -0.39 is 4.92 Å². The van der Waals surface area contributed by atoms with Crippen LogP contribution < -0.4 is 0 Å². The van der Waals surface area contributed by atoms with Crippen LogP contribution in [-0.4, -0.2) is 28.3 Å². The van der Waals surface area contributed by atoms with Gasteiger partial charge in [0.05, 0.1) is 15.5 Å². The Hall–Kier alpha value is -1.62. The van der Waals surface area contributed by atoms with Crippen LogP contribution in [0.5, 0.6) is 0 Å². The SMILES string of the molecule is CC1CC(C)N(C(=O)c2ccc([N+](=O)[O-])cc2Cl)C1. The van der Waals surface area contributed by atoms with E-state index in [1.54, 1.807) is 4.90 Å². The number of nitro benzene ring substituents is 1. The number of nitrogens with zero attached hydrogens (tertiary/aromatic N) is 2. The first-order valence-corrected chi connectivity index (χ1v) is 6.53. The maximum absolute atomic E-state index is 12.4. The van der Waals surface area contributed by atoms with Crippen LogP contribution in [0.15, 0.2) is 18.2 Å². The molecule has 0 bridgehead atoms. The van der Waals surface area contributed by atoms with Gasteiger partial charge in [-0.25, -0.2) is 0 Å². The van der Waals surface area contributed by atoms with E-state index in [0.717, 1.165) is 6.42 Å². The third-order valence-corrected chi connectivity index (χ3v) is 3.75. The number of rotatable bonds is 2. The van der Waals surface area contributed by atoms with Gasteiger partial charge in [0.2, 0.25) is 0 Å². The Labute approximate surface area is 116 Å². The van der Waals surface area contributed by atoms with E-state index in [0.29, 0.717) is 18.0 Å². The molecule has 0 radical (unpaired) electrons. The maximum atomic E-state index is 12.4. The van der Waals surface area contributed by atoms with Crippen molar-refractivity contribution in [3.05, 3.63) is 38.9 Å². The van der Waals surface area contributed by atoms with Crippen molar-refractivity contribution in [3.63, 3.8) is 0 Å². The van der Waals surface area contributed by atoms with Gasteiger partial charge in [0.1, 0.15) is 0 Å². The lowest BCUT2D eigenvalue weighted by atomic mass is 10.1. The lowest BCUT2D eigenvalue weighted by Gasteiger charge is -2.22. The van der Waals surface area contributed by atoms with Crippen molar-refractivity contribution in [1.82, 2.24) is 4.90 Å². The normalized spacial score (nSPS) is 22.6. The van der Waals surface area contributed by atoms with E-state index >= 15 is 0 Å². The van der Waals surface area contributed by atoms with Gasteiger partial charge >= 0.3 is 0 Å². The van der Waals surface area contributed by atoms with Gasteiger partial charge in [0.25, 0.3) is 11.6 Å². The van der Waals surface area contributed by atoms with Crippen molar-refractivity contribution < 1.29 is 9.72 Å². The monoisotopic (exact) mass is 282 g/mol. The number of hydrogen-bond acceptors (Lipinski definition) is 3. The second-order valence-electron chi connectivity index (χ2n) is 5.07. The third-order valence-electron chi connectivity index (χ3n) is 3.44. The summed E-state index contributed by atoms with van der Waals surface area (Å²) in [7, 11) is 0. The fourth-order valence-corrected chi connectivity index (χ4v) is 2.78. The molecule has 6 heteroatoms. The molecule has 0 spiro atoms. The number of hydrogen-bond donors (Lipinski definition) is 0. The average Bonchev–Trinajstić information content (AvgIpc) is 2.67. The number of nitro groups is 1. The molecule has 2 atom stereocenters. The Bertz CT molecular complexity index is 533. The Balaban J connectivity index is 2.27. The zero-order chi connectivity index (χ0) is 14.2. The van der Waals surface area contributed by atoms with Crippen LogP contribution in [0.2, 0.25) is 5.02 Å². The fraction of sp³-hybridized carbons (Fsp3) is 0.462. The molecule has 102 valence electrons. The molecule has 0 aromatic heterocycles. The minimum absolute atomic E-state index is 0.107. The van der Waals surface area contributed by atoms with Crippen LogP contribution in [0.25, 0.3) is 0 Å². The van der Waals surface area contributed by atoms with E-state index in [1.165, 1.54) is 18.2 Å². The molecule has 0 saturated carbocycles. The fourth-order valence-electron chi connectivity index (χ4n) is 2.53. The van der Waals surface area contributed by atoms with Crippen LogP contribution in [0.1, 0.15) is 30.6 Å². The summed E-state index contributed by atoms with van der Waals surface area (Å²) >= 11 is 5.98. The average molecular weight is 283 g/mol. The summed E-state index contributed by atoms with van der Waals surface area (Å²) in [4.78, 5) is 24.3. The first kappa shape index (κ1) is 13.8. The number of non-ortho nitro benzene ring substituents is 1. The molecule has 2 unspecified atom stereocenters. The zero-order valence-electron chi connectivity index (χ0n) is 10.8. The number of carbonyl (C=O) groups is 1. The smallest absolute Gasteiger partial charge is 0.270 e. The molecule has 1 heterocycles. The second-order valence-corrected chi connectivity index (χ2v) is 5.48. The van der Waals surface area contributed by atoms with Crippen molar-refractivity contribution in [2.45, 2.75) is 26.3 Å². The minimum Gasteiger partial charge on any atom is -0.336 e. The van der Waals surface area contributed by atoms with Crippen molar-refractivity contribution >= 4 is 23.2 Å². The number of halogens is 1. The van der Waals surface area contributed by atoms with E-state index in [4.69, 9.17) is 11.6 Å². The molecule has 0 aliphatic carbocycles. The number of carbonyl (C=O) groups excluding carboxylic acids is 1. The summed E-state index contributed by atoms with van der Waals surface area (Å²) in [6, 6.07) is 4.13. The third kappa shape index (κ3) is 2.71. The van der Waals surface area contributed by atoms with Crippen LogP contribution in [-0.2, 0) is 0 Å². The zero-order valence-corrected chi connectivity index (χ0v) is 11.6. The molecule has 0 N–H and O–H groups in total. The van der Waals surface area contributed by atoms with E-state index in [9.17, 15) is 14.9 Å². The molecule has 5 nitrogen and oxygen atoms in total. The van der Waals surface area contributed by atoms with Gasteiger partial charge in [0.15, 0.2) is 0 Å². The van der Waals surface area contributed by atoms with Gasteiger partial charge in [-0.05, 0) is 25.3 Å². The molecule has 1 aromatic carbocycles. The summed E-state index contributed by atoms with van der Waals surface area (Å²) < 4.78 is 0. The van der Waals surface area contributed by atoms with Crippen molar-refractivity contribution in [3.8, 4) is 0 Å². The summed E-state index contributed by atoms with van der Waals surface area (Å²) in [6.07, 6.45) is 0.969. The van der Waals surface area contributed by atoms with Crippen molar-refractivity contribution in [2.75, 3.05) is 6.54 Å². The number of benzene rings is 1. The summed E-state index contributed by atoms with van der Waals surface area (Å²) in [5, 5.41) is 10.8. The summed E-state index contributed by atoms with van der Waals surface area (Å²) in [6.45, 7) is 4.80. The Morgan fingerprint density at radius 2 is 2.16 bits per heavy atom. The van der Waals surface area contributed by atoms with Crippen molar-refractivity contribution in [2.24, 2.45) is 5.92 Å². The predicted molar refractivity (Wildman–Crippen MR) is 72.4 cm³/mol. The van der Waals surface area contributed by atoms with Crippen LogP contribution in [0, 0.1) is 16.0 Å². The largest absolute Gasteiger partial charge is 0.336 e. The van der Waals surface area contributed by atoms with Gasteiger partial charge in [-0.3, -0.25) is 14.9 Å². The van der Waals surface area contributed by atoms with Gasteiger partial charge in [0, 0.05) is 24.7 Å². The van der Waals surface area contributed by atoms with Gasteiger partial charge in [-0.2, -0.15) is 0 Å². The van der Waals surface area contributed by atoms with E-state index in [-0.39, 0.29) is 22.7 Å². The predicted octanol–water partition coefficient (Wildman–Crippen LogP) is 3.12. The molecule has 1 aromatic rings. The lowest BCUT2D eigenvalue weighted by Crippen LogP contribution is -2.34. The Kier molecular flexibility index (Phi) is 3.75. The summed E-state index contributed by atoms with van der Waals surface area (Å²) in [5.74, 6) is 0.313. The Morgan fingerprint density at radius 3 is 2.63 bits per heavy atom. The standard InChI is InChI=1S/C13H15ClN2O3/c1-8-5-9(2)15(7-8)13(17)11-4-3-10(16(18)19)6-12(11)14/h3-4,6,8-9H,5,7H2,1-2H3. The molecule has 19 heavy (non-hydrogen) atoms. The van der Waals surface area contributed by atoms with E-state index in [2.05, 4.69) is 6.92 Å². The van der Waals surface area contributed by atoms with Gasteiger partial charge in [-0.15, -0.1) is 0 Å². The van der Waals surface area contributed by atoms with Crippen molar-refractivity contribution in [1.29, 1.82) is 0 Å².